The van der Waals surface area contributed by atoms with Crippen LogP contribution in [0.4, 0.5) is 5.69 Å². The van der Waals surface area contributed by atoms with Crippen LogP contribution in [0.3, 0.4) is 0 Å². The number of aryl methyl sites for hydroxylation is 1. The Kier molecular flexibility index (Phi) is 3.62. The minimum Gasteiger partial charge on any atom is -0.507 e. The fraction of sp³-hybridized carbons (Fsp3) is 0.0769. The summed E-state index contributed by atoms with van der Waals surface area (Å²) in [5.41, 5.74) is 0.459. The first-order chi connectivity index (χ1) is 9.41. The first-order valence-corrected chi connectivity index (χ1v) is 6.43. The Morgan fingerprint density at radius 3 is 2.35 bits per heavy atom. The first-order valence-electron chi connectivity index (χ1n) is 5.55. The largest absolute Gasteiger partial charge is 0.507 e. The molecule has 0 radical (unpaired) electrons. The van der Waals surface area contributed by atoms with Gasteiger partial charge in [-0.1, -0.05) is 6.07 Å². The maximum absolute atomic E-state index is 12.1. The Labute approximate surface area is 117 Å². The molecule has 0 atom stereocenters. The molecule has 4 N–H and O–H groups in total. The number of benzene rings is 1. The molecule has 1 amide bonds. The number of thiophene rings is 1. The first kappa shape index (κ1) is 13.9. The zero-order valence-electron chi connectivity index (χ0n) is 10.4. The normalized spacial score (nSPS) is 10.2. The van der Waals surface area contributed by atoms with Gasteiger partial charge in [-0.25, -0.2) is 4.79 Å². The number of nitrogens with one attached hydrogen (secondary N) is 1. The Bertz CT molecular complexity index is 672. The fourth-order valence-corrected chi connectivity index (χ4v) is 2.54. The summed E-state index contributed by atoms with van der Waals surface area (Å²) in [6.45, 7) is 1.66. The van der Waals surface area contributed by atoms with E-state index in [4.69, 9.17) is 5.11 Å². The molecule has 1 aromatic heterocycles. The number of carbonyl (C=O) groups excluding carboxylic acids is 1. The zero-order chi connectivity index (χ0) is 14.9. The van der Waals surface area contributed by atoms with Crippen LogP contribution >= 0.6 is 11.3 Å². The quantitative estimate of drug-likeness (QED) is 0.695. The van der Waals surface area contributed by atoms with E-state index in [1.54, 1.807) is 12.3 Å². The molecule has 0 aliphatic rings. The van der Waals surface area contributed by atoms with Gasteiger partial charge < -0.3 is 20.6 Å². The van der Waals surface area contributed by atoms with Gasteiger partial charge in [0.05, 0.1) is 5.69 Å². The number of anilines is 1. The molecule has 0 saturated carbocycles. The molecule has 0 spiro atoms. The van der Waals surface area contributed by atoms with E-state index in [0.717, 1.165) is 11.3 Å². The number of aromatic hydroxyl groups is 2. The lowest BCUT2D eigenvalue weighted by Crippen LogP contribution is -2.14. The minimum atomic E-state index is -1.15. The summed E-state index contributed by atoms with van der Waals surface area (Å²) in [5, 5.41) is 32.2. The molecule has 20 heavy (non-hydrogen) atoms. The Morgan fingerprint density at radius 2 is 1.80 bits per heavy atom. The van der Waals surface area contributed by atoms with Crippen LogP contribution in [0.1, 0.15) is 25.6 Å². The predicted octanol–water partition coefficient (Wildman–Crippen LogP) is 2.42. The third-order valence-electron chi connectivity index (χ3n) is 2.66. The smallest absolute Gasteiger partial charge is 0.348 e. The minimum absolute atomic E-state index is 0.00855. The predicted molar refractivity (Wildman–Crippen MR) is 73.7 cm³/mol. The van der Waals surface area contributed by atoms with E-state index in [1.165, 1.54) is 18.2 Å². The number of hydrogen-bond donors (Lipinski definition) is 4. The molecule has 0 bridgehead atoms. The van der Waals surface area contributed by atoms with Gasteiger partial charge in [0.15, 0.2) is 0 Å². The summed E-state index contributed by atoms with van der Waals surface area (Å²) in [5.74, 6) is -2.69. The van der Waals surface area contributed by atoms with Crippen molar-refractivity contribution in [2.75, 3.05) is 5.32 Å². The van der Waals surface area contributed by atoms with Crippen LogP contribution in [-0.2, 0) is 0 Å². The molecule has 104 valence electrons. The van der Waals surface area contributed by atoms with Crippen molar-refractivity contribution >= 4 is 28.9 Å². The standard InChI is InChI=1S/C13H11NO5S/c1-6-5-20-11(13(18)19)10(6)14-12(17)9-7(15)3-2-4-8(9)16/h2-5,15-16H,1H3,(H,14,17)(H,18,19). The van der Waals surface area contributed by atoms with E-state index in [1.807, 2.05) is 0 Å². The van der Waals surface area contributed by atoms with Gasteiger partial charge in [0.25, 0.3) is 5.91 Å². The molecule has 2 rings (SSSR count). The second-order valence-electron chi connectivity index (χ2n) is 4.05. The number of aromatic carboxylic acids is 1. The summed E-state index contributed by atoms with van der Waals surface area (Å²) in [6, 6.07) is 3.90. The Hall–Kier alpha value is -2.54. The Balaban J connectivity index is 2.38. The van der Waals surface area contributed by atoms with E-state index in [-0.39, 0.29) is 27.6 Å². The van der Waals surface area contributed by atoms with Gasteiger partial charge >= 0.3 is 5.97 Å². The van der Waals surface area contributed by atoms with Gasteiger partial charge in [0.1, 0.15) is 21.9 Å². The molecule has 0 fully saturated rings. The number of carboxylic acids is 1. The molecule has 7 heteroatoms. The highest BCUT2D eigenvalue weighted by Crippen LogP contribution is 2.31. The van der Waals surface area contributed by atoms with Crippen molar-refractivity contribution in [1.29, 1.82) is 0 Å². The van der Waals surface area contributed by atoms with Crippen LogP contribution in [0, 0.1) is 6.92 Å². The number of phenolic OH excluding ortho intramolecular Hbond substituents is 2. The van der Waals surface area contributed by atoms with Gasteiger partial charge in [0, 0.05) is 0 Å². The highest BCUT2D eigenvalue weighted by Gasteiger charge is 2.21. The summed E-state index contributed by atoms with van der Waals surface area (Å²) in [4.78, 5) is 23.1. The number of rotatable bonds is 3. The van der Waals surface area contributed by atoms with E-state index >= 15 is 0 Å². The lowest BCUT2D eigenvalue weighted by atomic mass is 10.1. The zero-order valence-corrected chi connectivity index (χ0v) is 11.2. The Morgan fingerprint density at radius 1 is 1.20 bits per heavy atom. The molecule has 0 aliphatic carbocycles. The third kappa shape index (κ3) is 2.43. The van der Waals surface area contributed by atoms with Gasteiger partial charge in [-0.15, -0.1) is 11.3 Å². The van der Waals surface area contributed by atoms with Crippen molar-refractivity contribution in [3.63, 3.8) is 0 Å². The van der Waals surface area contributed by atoms with E-state index in [9.17, 15) is 19.8 Å². The number of phenols is 2. The maximum atomic E-state index is 12.1. The van der Waals surface area contributed by atoms with Crippen LogP contribution in [0.15, 0.2) is 23.6 Å². The van der Waals surface area contributed by atoms with E-state index in [2.05, 4.69) is 5.32 Å². The molecular weight excluding hydrogens is 282 g/mol. The van der Waals surface area contributed by atoms with Gasteiger partial charge in [-0.3, -0.25) is 4.79 Å². The van der Waals surface area contributed by atoms with Crippen LogP contribution in [-0.4, -0.2) is 27.2 Å². The van der Waals surface area contributed by atoms with Crippen molar-refractivity contribution < 1.29 is 24.9 Å². The highest BCUT2D eigenvalue weighted by atomic mass is 32.1. The molecule has 6 nitrogen and oxygen atoms in total. The second kappa shape index (κ2) is 5.22. The lowest BCUT2D eigenvalue weighted by molar-refractivity contribution is 0.0703. The fourth-order valence-electron chi connectivity index (χ4n) is 1.69. The average Bonchev–Trinajstić information content (AvgIpc) is 2.71. The van der Waals surface area contributed by atoms with Crippen LogP contribution in [0.25, 0.3) is 0 Å². The SMILES string of the molecule is Cc1csc(C(=O)O)c1NC(=O)c1c(O)cccc1O. The summed E-state index contributed by atoms with van der Waals surface area (Å²) >= 11 is 0.991. The molecule has 1 aromatic carbocycles. The summed E-state index contributed by atoms with van der Waals surface area (Å²) in [6.07, 6.45) is 0. The molecule has 2 aromatic rings. The lowest BCUT2D eigenvalue weighted by Gasteiger charge is -2.09. The van der Waals surface area contributed by atoms with Crippen molar-refractivity contribution in [1.82, 2.24) is 0 Å². The summed E-state index contributed by atoms with van der Waals surface area (Å²) < 4.78 is 0. The molecule has 0 saturated heterocycles. The monoisotopic (exact) mass is 293 g/mol. The molecule has 0 unspecified atom stereocenters. The third-order valence-corrected chi connectivity index (χ3v) is 3.74. The molecule has 1 heterocycles. The van der Waals surface area contributed by atoms with Crippen molar-refractivity contribution in [2.24, 2.45) is 0 Å². The molecular formula is C13H11NO5S. The van der Waals surface area contributed by atoms with Crippen LogP contribution < -0.4 is 5.32 Å². The van der Waals surface area contributed by atoms with Gasteiger partial charge in [-0.05, 0) is 30.0 Å². The maximum Gasteiger partial charge on any atom is 0.348 e. The van der Waals surface area contributed by atoms with Crippen LogP contribution in [0.2, 0.25) is 0 Å². The number of hydrogen-bond acceptors (Lipinski definition) is 5. The van der Waals surface area contributed by atoms with Crippen LogP contribution in [0.5, 0.6) is 11.5 Å². The highest BCUT2D eigenvalue weighted by molar-refractivity contribution is 7.12. The van der Waals surface area contributed by atoms with Crippen molar-refractivity contribution in [3.05, 3.63) is 39.6 Å². The van der Waals surface area contributed by atoms with E-state index in [0.29, 0.717) is 5.56 Å². The van der Waals surface area contributed by atoms with E-state index < -0.39 is 11.9 Å². The van der Waals surface area contributed by atoms with Gasteiger partial charge in [-0.2, -0.15) is 0 Å². The van der Waals surface area contributed by atoms with Crippen molar-refractivity contribution in [3.8, 4) is 11.5 Å². The van der Waals surface area contributed by atoms with Gasteiger partial charge in [0.2, 0.25) is 0 Å². The average molecular weight is 293 g/mol. The number of amides is 1. The number of carboxylic acid groups (broad SMARTS) is 1. The molecule has 0 aliphatic heterocycles. The second-order valence-corrected chi connectivity index (χ2v) is 4.93. The topological polar surface area (TPSA) is 107 Å². The number of carbonyl (C=O) groups is 2. The summed E-state index contributed by atoms with van der Waals surface area (Å²) in [7, 11) is 0. The van der Waals surface area contributed by atoms with Crippen molar-refractivity contribution in [2.45, 2.75) is 6.92 Å².